The number of hydrogen-bond donors (Lipinski definition) is 0. The molecule has 2 rings (SSSR count). The summed E-state index contributed by atoms with van der Waals surface area (Å²) in [5, 5.41) is 0.764. The molecule has 3 nitrogen and oxygen atoms in total. The molecule has 1 amide bonds. The molecule has 0 aliphatic carbocycles. The van der Waals surface area contributed by atoms with Crippen molar-refractivity contribution >= 4 is 29.3 Å². The van der Waals surface area contributed by atoms with Gasteiger partial charge in [-0.2, -0.15) is 0 Å². The molecule has 17 heavy (non-hydrogen) atoms. The number of ether oxygens (including phenoxy) is 1. The van der Waals surface area contributed by atoms with Gasteiger partial charge in [-0.1, -0.05) is 11.6 Å². The zero-order valence-electron chi connectivity index (χ0n) is 9.77. The number of thioether (sulfide) groups is 1. The van der Waals surface area contributed by atoms with Crippen LogP contribution in [0.25, 0.3) is 0 Å². The van der Waals surface area contributed by atoms with Gasteiger partial charge in [0.15, 0.2) is 0 Å². The maximum Gasteiger partial charge on any atom is 0.258 e. The van der Waals surface area contributed by atoms with Crippen LogP contribution in [0.5, 0.6) is 5.75 Å². The average molecular weight is 272 g/mol. The van der Waals surface area contributed by atoms with Crippen LogP contribution < -0.4 is 4.74 Å². The zero-order chi connectivity index (χ0) is 12.4. The summed E-state index contributed by atoms with van der Waals surface area (Å²) < 4.78 is 5.20. The van der Waals surface area contributed by atoms with Crippen molar-refractivity contribution in [2.75, 3.05) is 19.4 Å². The van der Waals surface area contributed by atoms with Crippen molar-refractivity contribution in [1.29, 1.82) is 0 Å². The van der Waals surface area contributed by atoms with Gasteiger partial charge in [-0.25, -0.2) is 0 Å². The Kier molecular flexibility index (Phi) is 3.84. The van der Waals surface area contributed by atoms with E-state index in [0.29, 0.717) is 16.3 Å². The van der Waals surface area contributed by atoms with E-state index in [-0.39, 0.29) is 11.3 Å². The van der Waals surface area contributed by atoms with Crippen LogP contribution >= 0.6 is 23.4 Å². The summed E-state index contributed by atoms with van der Waals surface area (Å²) in [7, 11) is 1.56. The summed E-state index contributed by atoms with van der Waals surface area (Å²) >= 11 is 7.71. The quantitative estimate of drug-likeness (QED) is 0.828. The van der Waals surface area contributed by atoms with Crippen molar-refractivity contribution in [2.45, 2.75) is 12.3 Å². The van der Waals surface area contributed by atoms with E-state index < -0.39 is 0 Å². The minimum atomic E-state index is -0.0122. The van der Waals surface area contributed by atoms with Crippen molar-refractivity contribution < 1.29 is 9.53 Å². The van der Waals surface area contributed by atoms with Gasteiger partial charge in [-0.15, -0.1) is 11.8 Å². The van der Waals surface area contributed by atoms with Gasteiger partial charge in [0.2, 0.25) is 0 Å². The third-order valence-electron chi connectivity index (χ3n) is 2.78. The molecule has 1 atom stereocenters. The molecule has 1 heterocycles. The SMILES string of the molecule is COc1ccc(Cl)cc1C(=O)N1CCSC1C. The molecule has 0 spiro atoms. The van der Waals surface area contributed by atoms with Crippen LogP contribution in [0.3, 0.4) is 0 Å². The van der Waals surface area contributed by atoms with E-state index in [2.05, 4.69) is 0 Å². The van der Waals surface area contributed by atoms with E-state index in [1.54, 1.807) is 37.1 Å². The van der Waals surface area contributed by atoms with E-state index in [9.17, 15) is 4.79 Å². The van der Waals surface area contributed by atoms with Crippen LogP contribution in [0.2, 0.25) is 5.02 Å². The summed E-state index contributed by atoms with van der Waals surface area (Å²) in [5.74, 6) is 1.54. The molecule has 5 heteroatoms. The Hall–Kier alpha value is -0.870. The van der Waals surface area contributed by atoms with Gasteiger partial charge < -0.3 is 9.64 Å². The Bertz CT molecular complexity index is 439. The van der Waals surface area contributed by atoms with Crippen molar-refractivity contribution in [1.82, 2.24) is 4.90 Å². The van der Waals surface area contributed by atoms with Gasteiger partial charge in [0.1, 0.15) is 5.75 Å². The number of nitrogens with zero attached hydrogens (tertiary/aromatic N) is 1. The van der Waals surface area contributed by atoms with Gasteiger partial charge in [0.05, 0.1) is 18.0 Å². The summed E-state index contributed by atoms with van der Waals surface area (Å²) in [6.45, 7) is 2.81. The first-order chi connectivity index (χ1) is 8.13. The first-order valence-electron chi connectivity index (χ1n) is 5.39. The lowest BCUT2D eigenvalue weighted by molar-refractivity contribution is 0.0765. The lowest BCUT2D eigenvalue weighted by Crippen LogP contribution is -2.33. The maximum absolute atomic E-state index is 12.4. The van der Waals surface area contributed by atoms with E-state index in [4.69, 9.17) is 16.3 Å². The minimum absolute atomic E-state index is 0.0122. The highest BCUT2D eigenvalue weighted by Crippen LogP contribution is 2.29. The number of halogens is 1. The van der Waals surface area contributed by atoms with Crippen LogP contribution in [-0.2, 0) is 0 Å². The molecule has 1 aromatic rings. The standard InChI is InChI=1S/C12H14ClNO2S/c1-8-14(5-6-17-8)12(15)10-7-9(13)3-4-11(10)16-2/h3-4,7-8H,5-6H2,1-2H3. The van der Waals surface area contributed by atoms with Crippen LogP contribution in [0.4, 0.5) is 0 Å². The first kappa shape index (κ1) is 12.6. The normalized spacial score (nSPS) is 19.5. The molecular formula is C12H14ClNO2S. The molecule has 1 unspecified atom stereocenters. The molecule has 0 radical (unpaired) electrons. The second-order valence-corrected chi connectivity index (χ2v) is 5.67. The Morgan fingerprint density at radius 3 is 2.94 bits per heavy atom. The summed E-state index contributed by atoms with van der Waals surface area (Å²) in [6, 6.07) is 5.11. The number of rotatable bonds is 2. The highest BCUT2D eigenvalue weighted by atomic mass is 35.5. The Morgan fingerprint density at radius 2 is 2.35 bits per heavy atom. The molecule has 0 N–H and O–H groups in total. The fourth-order valence-electron chi connectivity index (χ4n) is 1.86. The molecule has 1 aromatic carbocycles. The number of benzene rings is 1. The Morgan fingerprint density at radius 1 is 1.59 bits per heavy atom. The molecular weight excluding hydrogens is 258 g/mol. The molecule has 1 aliphatic heterocycles. The third-order valence-corrected chi connectivity index (χ3v) is 4.17. The Balaban J connectivity index is 2.32. The number of carbonyl (C=O) groups excluding carboxylic acids is 1. The van der Waals surface area contributed by atoms with Crippen molar-refractivity contribution in [3.8, 4) is 5.75 Å². The largest absolute Gasteiger partial charge is 0.496 e. The summed E-state index contributed by atoms with van der Waals surface area (Å²) in [4.78, 5) is 14.2. The third kappa shape index (κ3) is 2.53. The highest BCUT2D eigenvalue weighted by molar-refractivity contribution is 8.00. The van der Waals surface area contributed by atoms with Gasteiger partial charge in [-0.05, 0) is 25.1 Å². The minimum Gasteiger partial charge on any atom is -0.496 e. The predicted molar refractivity (Wildman–Crippen MR) is 71.0 cm³/mol. The fourth-order valence-corrected chi connectivity index (χ4v) is 3.06. The molecule has 1 saturated heterocycles. The summed E-state index contributed by atoms with van der Waals surface area (Å²) in [5.41, 5.74) is 0.536. The zero-order valence-corrected chi connectivity index (χ0v) is 11.3. The summed E-state index contributed by atoms with van der Waals surface area (Å²) in [6.07, 6.45) is 0. The van der Waals surface area contributed by atoms with E-state index in [0.717, 1.165) is 12.3 Å². The predicted octanol–water partition coefficient (Wildman–Crippen LogP) is 2.88. The average Bonchev–Trinajstić information content (AvgIpc) is 2.74. The molecule has 0 bridgehead atoms. The lowest BCUT2D eigenvalue weighted by Gasteiger charge is -2.21. The maximum atomic E-state index is 12.4. The number of hydrogen-bond acceptors (Lipinski definition) is 3. The van der Waals surface area contributed by atoms with Gasteiger partial charge in [0.25, 0.3) is 5.91 Å². The molecule has 92 valence electrons. The van der Waals surface area contributed by atoms with Crippen molar-refractivity contribution in [2.24, 2.45) is 0 Å². The molecule has 0 saturated carbocycles. The lowest BCUT2D eigenvalue weighted by atomic mass is 10.1. The van der Waals surface area contributed by atoms with Crippen LogP contribution in [0, 0.1) is 0 Å². The second-order valence-electron chi connectivity index (χ2n) is 3.81. The van der Waals surface area contributed by atoms with Gasteiger partial charge in [0, 0.05) is 17.3 Å². The number of amides is 1. The number of methoxy groups -OCH3 is 1. The van der Waals surface area contributed by atoms with Gasteiger partial charge in [-0.3, -0.25) is 4.79 Å². The highest BCUT2D eigenvalue weighted by Gasteiger charge is 2.28. The Labute approximate surface area is 110 Å². The van der Waals surface area contributed by atoms with Crippen molar-refractivity contribution in [3.05, 3.63) is 28.8 Å². The monoisotopic (exact) mass is 271 g/mol. The number of carbonyl (C=O) groups is 1. The molecule has 1 aliphatic rings. The first-order valence-corrected chi connectivity index (χ1v) is 6.82. The van der Waals surface area contributed by atoms with E-state index in [1.807, 2.05) is 11.8 Å². The van der Waals surface area contributed by atoms with Crippen LogP contribution in [-0.4, -0.2) is 35.6 Å². The van der Waals surface area contributed by atoms with E-state index in [1.165, 1.54) is 0 Å². The topological polar surface area (TPSA) is 29.5 Å². The van der Waals surface area contributed by atoms with Gasteiger partial charge >= 0.3 is 0 Å². The van der Waals surface area contributed by atoms with Crippen LogP contribution in [0.15, 0.2) is 18.2 Å². The van der Waals surface area contributed by atoms with Crippen LogP contribution in [0.1, 0.15) is 17.3 Å². The fraction of sp³-hybridized carbons (Fsp3) is 0.417. The van der Waals surface area contributed by atoms with E-state index >= 15 is 0 Å². The smallest absolute Gasteiger partial charge is 0.258 e. The second kappa shape index (κ2) is 5.19. The molecule has 1 fully saturated rings. The van der Waals surface area contributed by atoms with Crippen molar-refractivity contribution in [3.63, 3.8) is 0 Å². The molecule has 0 aromatic heterocycles.